The highest BCUT2D eigenvalue weighted by atomic mass is 32.1. The molecule has 1 aliphatic carbocycles. The average Bonchev–Trinajstić information content (AvgIpc) is 3.37. The van der Waals surface area contributed by atoms with Crippen LogP contribution in [0.5, 0.6) is 0 Å². The van der Waals surface area contributed by atoms with E-state index in [1.165, 1.54) is 18.0 Å². The normalized spacial score (nSPS) is 20.0. The second-order valence-electron chi connectivity index (χ2n) is 12.8. The quantitative estimate of drug-likeness (QED) is 0.146. The highest BCUT2D eigenvalue weighted by molar-refractivity contribution is 7.18. The zero-order valence-corrected chi connectivity index (χ0v) is 27.6. The largest absolute Gasteiger partial charge is 0.393 e. The maximum Gasteiger partial charge on any atom is 0.393 e. The van der Waals surface area contributed by atoms with E-state index < -0.39 is 12.6 Å². The molecule has 2 aromatic carbocycles. The molecule has 3 atom stereocenters. The second kappa shape index (κ2) is 12.9. The SMILES string of the molecule is C=CC(=O)Nc1ccc(C2C(N)C2n2c(C#N)cc3c(C)c(CN4CCC(Nc5ncnc6sc(CC(F)(F)F)cc56)CC4)ccc32)cc1. The van der Waals surface area contributed by atoms with Gasteiger partial charge in [0.05, 0.1) is 17.8 Å². The number of hydrogen-bond donors (Lipinski definition) is 3. The molecule has 252 valence electrons. The molecule has 5 aromatic rings. The van der Waals surface area contributed by atoms with Crippen molar-refractivity contribution in [3.63, 3.8) is 0 Å². The standard InChI is InChI=1S/C36H35F3N8OS/c1-3-30(48)44-23-7-4-21(5-8-23)31-32(41)33(31)47-25(17-40)14-27-20(2)22(6-9-29(27)47)18-46-12-10-24(11-13-46)45-34-28-15-26(16-36(37,38)39)49-35(28)43-19-42-34/h3-9,14-15,19,24,31-33H,1,10-13,16,18,41H2,2H3,(H,44,48)(H,42,43,45). The summed E-state index contributed by atoms with van der Waals surface area (Å²) in [5.41, 5.74) is 12.2. The fourth-order valence-corrected chi connectivity index (χ4v) is 8.12. The number of rotatable bonds is 9. The van der Waals surface area contributed by atoms with Crippen LogP contribution in [0.3, 0.4) is 0 Å². The summed E-state index contributed by atoms with van der Waals surface area (Å²) in [5.74, 6) is 0.355. The van der Waals surface area contributed by atoms with Gasteiger partial charge in [-0.3, -0.25) is 9.69 Å². The van der Waals surface area contributed by atoms with Crippen LogP contribution in [0, 0.1) is 18.3 Å². The van der Waals surface area contributed by atoms with Crippen LogP contribution in [0.25, 0.3) is 21.1 Å². The number of benzene rings is 2. The van der Waals surface area contributed by atoms with E-state index in [4.69, 9.17) is 5.73 Å². The third-order valence-corrected chi connectivity index (χ3v) is 10.7. The van der Waals surface area contributed by atoms with Gasteiger partial charge in [-0.2, -0.15) is 18.4 Å². The van der Waals surface area contributed by atoms with E-state index in [1.807, 2.05) is 30.3 Å². The summed E-state index contributed by atoms with van der Waals surface area (Å²) in [6, 6.07) is 17.7. The number of nitrogens with one attached hydrogen (secondary N) is 2. The predicted molar refractivity (Wildman–Crippen MR) is 186 cm³/mol. The molecule has 3 aromatic heterocycles. The monoisotopic (exact) mass is 684 g/mol. The lowest BCUT2D eigenvalue weighted by Crippen LogP contribution is -2.39. The van der Waals surface area contributed by atoms with Crippen LogP contribution in [-0.2, 0) is 17.8 Å². The summed E-state index contributed by atoms with van der Waals surface area (Å²) >= 11 is 1.06. The van der Waals surface area contributed by atoms with Gasteiger partial charge in [-0.1, -0.05) is 24.8 Å². The summed E-state index contributed by atoms with van der Waals surface area (Å²) in [6.45, 7) is 8.06. The fraction of sp³-hybridized carbons (Fsp3) is 0.333. The van der Waals surface area contributed by atoms with Crippen molar-refractivity contribution in [1.82, 2.24) is 19.4 Å². The van der Waals surface area contributed by atoms with Gasteiger partial charge in [-0.25, -0.2) is 9.97 Å². The Morgan fingerprint density at radius 1 is 1.14 bits per heavy atom. The van der Waals surface area contributed by atoms with Gasteiger partial charge in [0.1, 0.15) is 28.7 Å². The van der Waals surface area contributed by atoms with Crippen LogP contribution >= 0.6 is 11.3 Å². The molecule has 1 amide bonds. The first-order valence-corrected chi connectivity index (χ1v) is 17.0. The summed E-state index contributed by atoms with van der Waals surface area (Å²) in [4.78, 5) is 23.4. The Labute approximate surface area is 285 Å². The van der Waals surface area contributed by atoms with E-state index in [0.29, 0.717) is 27.4 Å². The number of fused-ring (bicyclic) bond motifs is 2. The van der Waals surface area contributed by atoms with Crippen molar-refractivity contribution >= 4 is 49.9 Å². The molecule has 0 radical (unpaired) electrons. The molecule has 7 rings (SSSR count). The molecule has 4 N–H and O–H groups in total. The topological polar surface area (TPSA) is 125 Å². The molecule has 2 aliphatic rings. The maximum absolute atomic E-state index is 13.0. The lowest BCUT2D eigenvalue weighted by Gasteiger charge is -2.33. The van der Waals surface area contributed by atoms with Crippen molar-refractivity contribution in [2.45, 2.75) is 63.0 Å². The van der Waals surface area contributed by atoms with Crippen LogP contribution < -0.4 is 16.4 Å². The number of hydrogen-bond acceptors (Lipinski definition) is 8. The van der Waals surface area contributed by atoms with Crippen molar-refractivity contribution in [2.24, 2.45) is 5.73 Å². The number of carbonyl (C=O) groups excluding carboxylic acids is 1. The highest BCUT2D eigenvalue weighted by Crippen LogP contribution is 2.52. The fourth-order valence-electron chi connectivity index (χ4n) is 7.09. The molecule has 2 fully saturated rings. The molecule has 0 bridgehead atoms. The van der Waals surface area contributed by atoms with Crippen molar-refractivity contribution in [1.29, 1.82) is 5.26 Å². The van der Waals surface area contributed by atoms with Gasteiger partial charge in [-0.15, -0.1) is 11.3 Å². The lowest BCUT2D eigenvalue weighted by molar-refractivity contribution is -0.126. The van der Waals surface area contributed by atoms with Crippen molar-refractivity contribution in [3.05, 3.63) is 94.8 Å². The van der Waals surface area contributed by atoms with E-state index in [9.17, 15) is 23.2 Å². The van der Waals surface area contributed by atoms with Crippen molar-refractivity contribution in [2.75, 3.05) is 23.7 Å². The molecule has 1 saturated heterocycles. The number of thiophene rings is 1. The predicted octanol–water partition coefficient (Wildman–Crippen LogP) is 6.80. The molecule has 0 spiro atoms. The first kappa shape index (κ1) is 32.8. The van der Waals surface area contributed by atoms with E-state index in [2.05, 4.69) is 61.8 Å². The molecule has 3 unspecified atom stereocenters. The molecular formula is C36H35F3N8OS. The first-order valence-electron chi connectivity index (χ1n) is 16.1. The minimum atomic E-state index is -4.27. The van der Waals surface area contributed by atoms with Crippen LogP contribution in [0.1, 0.15) is 52.1 Å². The van der Waals surface area contributed by atoms with Gasteiger partial charge in [0.25, 0.3) is 0 Å². The molecule has 13 heteroatoms. The number of aromatic nitrogens is 3. The number of carbonyl (C=O) groups is 1. The molecule has 9 nitrogen and oxygen atoms in total. The summed E-state index contributed by atoms with van der Waals surface area (Å²) < 4.78 is 41.0. The Hall–Kier alpha value is -4.77. The first-order chi connectivity index (χ1) is 23.5. The van der Waals surface area contributed by atoms with Gasteiger partial charge in [-0.05, 0) is 72.9 Å². The van der Waals surface area contributed by atoms with Crippen LogP contribution in [0.4, 0.5) is 24.7 Å². The number of amides is 1. The number of anilines is 2. The molecule has 1 saturated carbocycles. The van der Waals surface area contributed by atoms with E-state index in [-0.39, 0.29) is 34.8 Å². The van der Waals surface area contributed by atoms with Gasteiger partial charge in [0.2, 0.25) is 5.91 Å². The zero-order valence-electron chi connectivity index (χ0n) is 26.8. The number of alkyl halides is 3. The summed E-state index contributed by atoms with van der Waals surface area (Å²) in [7, 11) is 0. The number of aryl methyl sites for hydroxylation is 1. The van der Waals surface area contributed by atoms with Crippen molar-refractivity contribution < 1.29 is 18.0 Å². The number of nitriles is 1. The maximum atomic E-state index is 13.0. The number of piperidine rings is 1. The molecule has 1 aliphatic heterocycles. The smallest absolute Gasteiger partial charge is 0.367 e. The number of likely N-dealkylation sites (tertiary alicyclic amines) is 1. The van der Waals surface area contributed by atoms with Crippen molar-refractivity contribution in [3.8, 4) is 6.07 Å². The Bertz CT molecular complexity index is 2090. The highest BCUT2D eigenvalue weighted by Gasteiger charge is 2.51. The van der Waals surface area contributed by atoms with E-state index in [0.717, 1.165) is 65.8 Å². The number of halogens is 3. The Morgan fingerprint density at radius 2 is 1.90 bits per heavy atom. The molecule has 49 heavy (non-hydrogen) atoms. The molecule has 4 heterocycles. The zero-order chi connectivity index (χ0) is 34.4. The number of nitrogens with two attached hydrogens (primary N) is 1. The lowest BCUT2D eigenvalue weighted by atomic mass is 10.0. The third kappa shape index (κ3) is 6.64. The number of nitrogens with zero attached hydrogens (tertiary/aromatic N) is 5. The van der Waals surface area contributed by atoms with Crippen LogP contribution in [0.15, 0.2) is 67.5 Å². The summed E-state index contributed by atoms with van der Waals surface area (Å²) in [6.07, 6.45) is -0.879. The summed E-state index contributed by atoms with van der Waals surface area (Å²) in [5, 5.41) is 18.0. The average molecular weight is 685 g/mol. The Morgan fingerprint density at radius 3 is 2.59 bits per heavy atom. The van der Waals surface area contributed by atoms with Gasteiger partial charge in [0.15, 0.2) is 0 Å². The third-order valence-electron chi connectivity index (χ3n) is 9.68. The van der Waals surface area contributed by atoms with Gasteiger partial charge in [0, 0.05) is 59.1 Å². The van der Waals surface area contributed by atoms with E-state index >= 15 is 0 Å². The van der Waals surface area contributed by atoms with E-state index in [1.54, 1.807) is 6.07 Å². The van der Waals surface area contributed by atoms with Crippen LogP contribution in [0.2, 0.25) is 0 Å². The van der Waals surface area contributed by atoms with Gasteiger partial charge >= 0.3 is 6.18 Å². The Balaban J connectivity index is 1.02. The van der Waals surface area contributed by atoms with Crippen LogP contribution in [-0.4, -0.2) is 56.7 Å². The molecular weight excluding hydrogens is 650 g/mol. The minimum Gasteiger partial charge on any atom is -0.367 e. The Kier molecular flexibility index (Phi) is 8.64. The minimum absolute atomic E-state index is 0.0434. The second-order valence-corrected chi connectivity index (χ2v) is 14.0. The van der Waals surface area contributed by atoms with Gasteiger partial charge < -0.3 is 20.9 Å².